The van der Waals surface area contributed by atoms with Crippen molar-refractivity contribution < 1.29 is 4.79 Å². The summed E-state index contributed by atoms with van der Waals surface area (Å²) in [5.74, 6) is 0. The number of carbonyl (C=O) groups is 1. The maximum Gasteiger partial charge on any atom is 0.211 e. The molecule has 0 bridgehead atoms. The summed E-state index contributed by atoms with van der Waals surface area (Å²) in [4.78, 5) is 15.4. The summed E-state index contributed by atoms with van der Waals surface area (Å²) in [6.07, 6.45) is 2.37. The molecule has 0 spiro atoms. The highest BCUT2D eigenvalue weighted by Gasteiger charge is 2.11. The first-order valence-electron chi connectivity index (χ1n) is 5.80. The molecule has 0 saturated heterocycles. The van der Waals surface area contributed by atoms with Crippen LogP contribution in [0.25, 0.3) is 16.4 Å². The topological polar surface area (TPSA) is 47.8 Å². The first kappa shape index (κ1) is 11.8. The van der Waals surface area contributed by atoms with Gasteiger partial charge in [-0.05, 0) is 6.92 Å². The average molecular weight is 269 g/mol. The highest BCUT2D eigenvalue weighted by atomic mass is 32.1. The summed E-state index contributed by atoms with van der Waals surface area (Å²) in [5.41, 5.74) is 3.40. The van der Waals surface area contributed by atoms with E-state index in [9.17, 15) is 4.79 Å². The van der Waals surface area contributed by atoms with Gasteiger partial charge in [-0.2, -0.15) is 5.10 Å². The predicted molar refractivity (Wildman–Crippen MR) is 74.8 cm³/mol. The molecule has 0 fully saturated rings. The van der Waals surface area contributed by atoms with Crippen LogP contribution in [-0.2, 0) is 0 Å². The molecule has 3 rings (SSSR count). The van der Waals surface area contributed by atoms with Crippen LogP contribution < -0.4 is 0 Å². The van der Waals surface area contributed by atoms with E-state index in [-0.39, 0.29) is 0 Å². The zero-order valence-corrected chi connectivity index (χ0v) is 11.1. The minimum absolute atomic E-state index is 0.594. The van der Waals surface area contributed by atoms with Crippen molar-refractivity contribution in [3.05, 3.63) is 53.2 Å². The molecule has 0 amide bonds. The molecule has 5 heteroatoms. The van der Waals surface area contributed by atoms with Gasteiger partial charge in [-0.1, -0.05) is 30.3 Å². The van der Waals surface area contributed by atoms with Gasteiger partial charge in [-0.25, -0.2) is 9.67 Å². The van der Waals surface area contributed by atoms with E-state index in [1.807, 2.05) is 42.6 Å². The second-order valence-electron chi connectivity index (χ2n) is 4.10. The third-order valence-electron chi connectivity index (χ3n) is 2.92. The van der Waals surface area contributed by atoms with Crippen LogP contribution in [0.2, 0.25) is 0 Å². The van der Waals surface area contributed by atoms with E-state index in [4.69, 9.17) is 0 Å². The van der Waals surface area contributed by atoms with E-state index in [0.29, 0.717) is 5.56 Å². The summed E-state index contributed by atoms with van der Waals surface area (Å²) >= 11 is 1.51. The van der Waals surface area contributed by atoms with E-state index < -0.39 is 0 Å². The summed E-state index contributed by atoms with van der Waals surface area (Å²) in [7, 11) is 0. The van der Waals surface area contributed by atoms with Crippen molar-refractivity contribution in [1.29, 1.82) is 0 Å². The molecular weight excluding hydrogens is 258 g/mol. The van der Waals surface area contributed by atoms with Gasteiger partial charge in [-0.15, -0.1) is 11.3 Å². The van der Waals surface area contributed by atoms with Crippen molar-refractivity contribution in [3.8, 4) is 16.4 Å². The number of nitrogens with zero attached hydrogens (tertiary/aromatic N) is 3. The zero-order chi connectivity index (χ0) is 13.2. The smallest absolute Gasteiger partial charge is 0.211 e. The van der Waals surface area contributed by atoms with Crippen molar-refractivity contribution in [2.24, 2.45) is 0 Å². The number of hydrogen-bond acceptors (Lipinski definition) is 4. The molecule has 19 heavy (non-hydrogen) atoms. The fraction of sp³-hybridized carbons (Fsp3) is 0.0714. The van der Waals surface area contributed by atoms with Gasteiger partial charge < -0.3 is 0 Å². The molecule has 3 aromatic rings. The molecule has 94 valence electrons. The van der Waals surface area contributed by atoms with Gasteiger partial charge in [0.05, 0.1) is 23.1 Å². The molecule has 0 atom stereocenters. The normalized spacial score (nSPS) is 10.6. The molecule has 4 nitrogen and oxygen atoms in total. The highest BCUT2D eigenvalue weighted by Crippen LogP contribution is 2.24. The average Bonchev–Trinajstić information content (AvgIpc) is 3.06. The maximum absolute atomic E-state index is 10.8. The lowest BCUT2D eigenvalue weighted by molar-refractivity contribution is 0.112. The molecule has 0 aliphatic rings. The summed E-state index contributed by atoms with van der Waals surface area (Å²) < 4.78 is 1.70. The molecule has 2 heterocycles. The summed E-state index contributed by atoms with van der Waals surface area (Å²) in [6.45, 7) is 1.86. The van der Waals surface area contributed by atoms with Crippen molar-refractivity contribution in [2.75, 3.05) is 0 Å². The summed E-state index contributed by atoms with van der Waals surface area (Å²) in [5, 5.41) is 6.96. The van der Waals surface area contributed by atoms with Crippen molar-refractivity contribution in [2.45, 2.75) is 6.92 Å². The Morgan fingerprint density at radius 3 is 2.74 bits per heavy atom. The Balaban J connectivity index is 2.02. The zero-order valence-electron chi connectivity index (χ0n) is 10.3. The standard InChI is InChI=1S/C14H11N3OS/c1-10-12(8-18)7-15-17(10)14-16-13(9-19-14)11-5-3-2-4-6-11/h2-9H,1H3. The van der Waals surface area contributed by atoms with E-state index in [2.05, 4.69) is 10.1 Å². The molecule has 0 radical (unpaired) electrons. The number of thiazole rings is 1. The lowest BCUT2D eigenvalue weighted by atomic mass is 10.2. The number of aldehydes is 1. The number of benzene rings is 1. The van der Waals surface area contributed by atoms with Crippen molar-refractivity contribution >= 4 is 17.6 Å². The van der Waals surface area contributed by atoms with Crippen LogP contribution in [0.3, 0.4) is 0 Å². The Kier molecular flexibility index (Phi) is 2.97. The van der Waals surface area contributed by atoms with Gasteiger partial charge in [-0.3, -0.25) is 4.79 Å². The van der Waals surface area contributed by atoms with Crippen LogP contribution in [0.1, 0.15) is 16.1 Å². The first-order valence-corrected chi connectivity index (χ1v) is 6.68. The van der Waals surface area contributed by atoms with Crippen molar-refractivity contribution in [1.82, 2.24) is 14.8 Å². The van der Waals surface area contributed by atoms with Gasteiger partial charge in [0.2, 0.25) is 5.13 Å². The lowest BCUT2D eigenvalue weighted by Crippen LogP contribution is -1.98. The Labute approximate surface area is 114 Å². The first-order chi connectivity index (χ1) is 9.29. The predicted octanol–water partition coefficient (Wildman–Crippen LogP) is 3.12. The quantitative estimate of drug-likeness (QED) is 0.686. The van der Waals surface area contributed by atoms with Crippen LogP contribution >= 0.6 is 11.3 Å². The summed E-state index contributed by atoms with van der Waals surface area (Å²) in [6, 6.07) is 9.98. The Bertz CT molecular complexity index is 715. The minimum Gasteiger partial charge on any atom is -0.298 e. The van der Waals surface area contributed by atoms with E-state index in [1.165, 1.54) is 11.3 Å². The van der Waals surface area contributed by atoms with Crippen LogP contribution in [0, 0.1) is 6.92 Å². The van der Waals surface area contributed by atoms with E-state index >= 15 is 0 Å². The van der Waals surface area contributed by atoms with E-state index in [1.54, 1.807) is 10.9 Å². The van der Waals surface area contributed by atoms with Gasteiger partial charge in [0.15, 0.2) is 6.29 Å². The van der Waals surface area contributed by atoms with Crippen LogP contribution in [0.5, 0.6) is 0 Å². The minimum atomic E-state index is 0.594. The van der Waals surface area contributed by atoms with Crippen LogP contribution in [0.15, 0.2) is 41.9 Å². The molecule has 0 aliphatic heterocycles. The highest BCUT2D eigenvalue weighted by molar-refractivity contribution is 7.12. The van der Waals surface area contributed by atoms with Gasteiger partial charge in [0.1, 0.15) is 0 Å². The van der Waals surface area contributed by atoms with Gasteiger partial charge in [0, 0.05) is 10.9 Å². The monoisotopic (exact) mass is 269 g/mol. The fourth-order valence-electron chi connectivity index (χ4n) is 1.83. The molecule has 2 aromatic heterocycles. The van der Waals surface area contributed by atoms with Gasteiger partial charge >= 0.3 is 0 Å². The lowest BCUT2D eigenvalue weighted by Gasteiger charge is -1.98. The number of aromatic nitrogens is 3. The molecule has 0 unspecified atom stereocenters. The van der Waals surface area contributed by atoms with E-state index in [0.717, 1.165) is 28.4 Å². The molecule has 0 aliphatic carbocycles. The third kappa shape index (κ3) is 2.08. The number of hydrogen-bond donors (Lipinski definition) is 0. The second kappa shape index (κ2) is 4.78. The largest absolute Gasteiger partial charge is 0.298 e. The Hall–Kier alpha value is -2.27. The van der Waals surface area contributed by atoms with Crippen LogP contribution in [0.4, 0.5) is 0 Å². The third-order valence-corrected chi connectivity index (χ3v) is 3.73. The van der Waals surface area contributed by atoms with Crippen molar-refractivity contribution in [3.63, 3.8) is 0 Å². The Morgan fingerprint density at radius 2 is 2.05 bits per heavy atom. The SMILES string of the molecule is Cc1c(C=O)cnn1-c1nc(-c2ccccc2)cs1. The molecular formula is C14H11N3OS. The molecule has 0 N–H and O–H groups in total. The Morgan fingerprint density at radius 1 is 1.26 bits per heavy atom. The second-order valence-corrected chi connectivity index (χ2v) is 4.93. The maximum atomic E-state index is 10.8. The molecule has 1 aromatic carbocycles. The molecule has 0 saturated carbocycles. The number of carbonyl (C=O) groups excluding carboxylic acids is 1. The fourth-order valence-corrected chi connectivity index (χ4v) is 2.67. The van der Waals surface area contributed by atoms with Gasteiger partial charge in [0.25, 0.3) is 0 Å². The number of rotatable bonds is 3. The van der Waals surface area contributed by atoms with Crippen LogP contribution in [-0.4, -0.2) is 21.1 Å².